The number of nitrogens with zero attached hydrogens (tertiary/aromatic N) is 2. The first-order chi connectivity index (χ1) is 9.61. The predicted molar refractivity (Wildman–Crippen MR) is 76.7 cm³/mol. The minimum Gasteiger partial charge on any atom is -0.297 e. The molecule has 3 rings (SSSR count). The molecule has 0 bridgehead atoms. The zero-order chi connectivity index (χ0) is 14.1. The fourth-order valence-electron chi connectivity index (χ4n) is 2.40. The first kappa shape index (κ1) is 13.2. The van der Waals surface area contributed by atoms with Gasteiger partial charge in [-0.1, -0.05) is 6.92 Å². The predicted octanol–water partition coefficient (Wildman–Crippen LogP) is 1.47. The van der Waals surface area contributed by atoms with Crippen molar-refractivity contribution in [3.8, 4) is 0 Å². The van der Waals surface area contributed by atoms with Gasteiger partial charge in [-0.3, -0.25) is 14.9 Å². The van der Waals surface area contributed by atoms with Crippen LogP contribution >= 0.6 is 11.3 Å². The molecule has 0 spiro atoms. The van der Waals surface area contributed by atoms with E-state index in [-0.39, 0.29) is 11.8 Å². The summed E-state index contributed by atoms with van der Waals surface area (Å²) in [6, 6.07) is 0. The Morgan fingerprint density at radius 3 is 3.00 bits per heavy atom. The van der Waals surface area contributed by atoms with E-state index in [2.05, 4.69) is 27.8 Å². The molecule has 1 aliphatic carbocycles. The number of nitrogens with one attached hydrogen (secondary N) is 2. The van der Waals surface area contributed by atoms with Crippen LogP contribution in [0.3, 0.4) is 0 Å². The van der Waals surface area contributed by atoms with Crippen LogP contribution in [0.2, 0.25) is 0 Å². The Bertz CT molecular complexity index is 593. The van der Waals surface area contributed by atoms with Gasteiger partial charge in [-0.05, 0) is 25.2 Å². The molecule has 0 radical (unpaired) electrons. The smallest absolute Gasteiger partial charge is 0.273 e. The van der Waals surface area contributed by atoms with Gasteiger partial charge in [0, 0.05) is 17.7 Å². The lowest BCUT2D eigenvalue weighted by molar-refractivity contribution is -0.121. The second-order valence-electron chi connectivity index (χ2n) is 5.28. The molecular formula is C13H16N4O2S. The van der Waals surface area contributed by atoms with E-state index in [0.29, 0.717) is 29.6 Å². The molecule has 106 valence electrons. The summed E-state index contributed by atoms with van der Waals surface area (Å²) in [6.07, 6.45) is 3.86. The number of carbonyl (C=O) groups excluding carboxylic acids is 2. The second kappa shape index (κ2) is 5.32. The number of aromatic nitrogens is 1. The summed E-state index contributed by atoms with van der Waals surface area (Å²) >= 11 is 1.55. The molecule has 6 nitrogen and oxygen atoms in total. The minimum atomic E-state index is -0.274. The topological polar surface area (TPSA) is 83.4 Å². The van der Waals surface area contributed by atoms with Crippen molar-refractivity contribution < 1.29 is 9.59 Å². The van der Waals surface area contributed by atoms with Crippen LogP contribution in [0.5, 0.6) is 0 Å². The van der Waals surface area contributed by atoms with Crippen LogP contribution < -0.4 is 10.7 Å². The molecule has 2 heterocycles. The summed E-state index contributed by atoms with van der Waals surface area (Å²) in [5, 5.41) is 7.20. The maximum absolute atomic E-state index is 12.0. The van der Waals surface area contributed by atoms with Gasteiger partial charge in [0.25, 0.3) is 5.91 Å². The summed E-state index contributed by atoms with van der Waals surface area (Å²) < 4.78 is 0. The van der Waals surface area contributed by atoms with Gasteiger partial charge < -0.3 is 0 Å². The van der Waals surface area contributed by atoms with Crippen LogP contribution in [0.4, 0.5) is 5.13 Å². The van der Waals surface area contributed by atoms with E-state index >= 15 is 0 Å². The van der Waals surface area contributed by atoms with Crippen LogP contribution in [-0.4, -0.2) is 22.5 Å². The number of amides is 2. The number of hydrogen-bond donors (Lipinski definition) is 2. The molecule has 1 aromatic heterocycles. The van der Waals surface area contributed by atoms with Crippen molar-refractivity contribution in [2.24, 2.45) is 11.0 Å². The van der Waals surface area contributed by atoms with E-state index in [1.165, 1.54) is 4.88 Å². The van der Waals surface area contributed by atoms with Crippen molar-refractivity contribution in [1.82, 2.24) is 10.4 Å². The normalized spacial score (nSPS) is 21.8. The molecule has 2 amide bonds. The van der Waals surface area contributed by atoms with Crippen molar-refractivity contribution in [2.45, 2.75) is 39.0 Å². The molecule has 0 saturated carbocycles. The first-order valence-corrected chi connectivity index (χ1v) is 7.59. The highest BCUT2D eigenvalue weighted by molar-refractivity contribution is 7.16. The van der Waals surface area contributed by atoms with E-state index in [4.69, 9.17) is 0 Å². The van der Waals surface area contributed by atoms with E-state index < -0.39 is 0 Å². The van der Waals surface area contributed by atoms with Gasteiger partial charge in [-0.15, -0.1) is 11.3 Å². The molecule has 0 aromatic carbocycles. The molecule has 0 unspecified atom stereocenters. The van der Waals surface area contributed by atoms with Gasteiger partial charge in [0.15, 0.2) is 5.13 Å². The Balaban J connectivity index is 1.69. The van der Waals surface area contributed by atoms with Crippen molar-refractivity contribution in [3.05, 3.63) is 10.6 Å². The van der Waals surface area contributed by atoms with Gasteiger partial charge in [0.1, 0.15) is 5.71 Å². The van der Waals surface area contributed by atoms with Gasteiger partial charge in [-0.25, -0.2) is 10.4 Å². The van der Waals surface area contributed by atoms with E-state index in [9.17, 15) is 9.59 Å². The zero-order valence-electron chi connectivity index (χ0n) is 11.2. The van der Waals surface area contributed by atoms with Crippen molar-refractivity contribution in [2.75, 3.05) is 5.32 Å². The molecule has 7 heteroatoms. The third-order valence-corrected chi connectivity index (χ3v) is 4.61. The third-order valence-electron chi connectivity index (χ3n) is 3.57. The fourth-order valence-corrected chi connectivity index (χ4v) is 3.57. The average molecular weight is 292 g/mol. The van der Waals surface area contributed by atoms with Crippen molar-refractivity contribution >= 4 is 34.0 Å². The lowest BCUT2D eigenvalue weighted by atomic mass is 9.93. The van der Waals surface area contributed by atoms with Gasteiger partial charge >= 0.3 is 0 Å². The first-order valence-electron chi connectivity index (χ1n) is 6.77. The number of aryl methyl sites for hydroxylation is 1. The average Bonchev–Trinajstić information content (AvgIpc) is 2.80. The van der Waals surface area contributed by atoms with Crippen LogP contribution in [0.1, 0.15) is 36.8 Å². The number of hydrazone groups is 1. The third kappa shape index (κ3) is 2.72. The molecule has 0 saturated heterocycles. The van der Waals surface area contributed by atoms with E-state index in [1.807, 2.05) is 0 Å². The maximum Gasteiger partial charge on any atom is 0.273 e. The number of anilines is 1. The highest BCUT2D eigenvalue weighted by atomic mass is 32.1. The minimum absolute atomic E-state index is 0.153. The van der Waals surface area contributed by atoms with Crippen LogP contribution in [0.25, 0.3) is 0 Å². The summed E-state index contributed by atoms with van der Waals surface area (Å²) in [7, 11) is 0. The molecule has 2 aliphatic rings. The number of fused-ring (bicyclic) bond motifs is 1. The summed E-state index contributed by atoms with van der Waals surface area (Å²) in [5.74, 6) is 0.258. The van der Waals surface area contributed by atoms with Crippen LogP contribution in [0.15, 0.2) is 5.10 Å². The molecule has 1 atom stereocenters. The molecule has 2 N–H and O–H groups in total. The number of thiazole rings is 1. The molecule has 0 fully saturated rings. The van der Waals surface area contributed by atoms with Gasteiger partial charge in [0.2, 0.25) is 5.91 Å². The Morgan fingerprint density at radius 2 is 2.25 bits per heavy atom. The zero-order valence-corrected chi connectivity index (χ0v) is 12.0. The number of rotatable bonds is 2. The Kier molecular flexibility index (Phi) is 3.52. The largest absolute Gasteiger partial charge is 0.297 e. The lowest BCUT2D eigenvalue weighted by Gasteiger charge is -2.15. The van der Waals surface area contributed by atoms with Gasteiger partial charge in [0.05, 0.1) is 5.69 Å². The van der Waals surface area contributed by atoms with Crippen molar-refractivity contribution in [3.63, 3.8) is 0 Å². The molecule has 20 heavy (non-hydrogen) atoms. The Morgan fingerprint density at radius 1 is 1.40 bits per heavy atom. The SMILES string of the molecule is C[C@@H]1CCc2nc(NC(=O)C3=NNC(=O)CC3)sc2C1. The monoisotopic (exact) mass is 292 g/mol. The van der Waals surface area contributed by atoms with Gasteiger partial charge in [-0.2, -0.15) is 5.10 Å². The number of carbonyl (C=O) groups is 2. The quantitative estimate of drug-likeness (QED) is 0.866. The van der Waals surface area contributed by atoms with Crippen LogP contribution in [0, 0.1) is 5.92 Å². The summed E-state index contributed by atoms with van der Waals surface area (Å²) in [5.41, 5.74) is 3.79. The van der Waals surface area contributed by atoms with Crippen molar-refractivity contribution in [1.29, 1.82) is 0 Å². The molecular weight excluding hydrogens is 276 g/mol. The molecule has 1 aliphatic heterocycles. The molecule has 1 aromatic rings. The summed E-state index contributed by atoms with van der Waals surface area (Å²) in [4.78, 5) is 28.8. The maximum atomic E-state index is 12.0. The fraction of sp³-hybridized carbons (Fsp3) is 0.538. The van der Waals surface area contributed by atoms with E-state index in [1.54, 1.807) is 11.3 Å². The van der Waals surface area contributed by atoms with E-state index in [0.717, 1.165) is 25.0 Å². The Hall–Kier alpha value is -1.76. The lowest BCUT2D eigenvalue weighted by Crippen LogP contribution is -2.32. The second-order valence-corrected chi connectivity index (χ2v) is 6.37. The highest BCUT2D eigenvalue weighted by Crippen LogP contribution is 2.32. The standard InChI is InChI=1S/C13H16N4O2S/c1-7-2-3-8-10(6-7)20-13(14-8)15-12(19)9-4-5-11(18)17-16-9/h7H,2-6H2,1H3,(H,17,18)(H,14,15,19)/t7-/m1/s1. The highest BCUT2D eigenvalue weighted by Gasteiger charge is 2.22. The van der Waals surface area contributed by atoms with Crippen LogP contribution in [-0.2, 0) is 22.4 Å². The Labute approximate surface area is 120 Å². The summed E-state index contributed by atoms with van der Waals surface area (Å²) in [6.45, 7) is 2.24. The number of hydrogen-bond acceptors (Lipinski definition) is 5.